The molecule has 0 saturated heterocycles. The third-order valence-electron chi connectivity index (χ3n) is 5.15. The van der Waals surface area contributed by atoms with Crippen LogP contribution in [-0.2, 0) is 10.5 Å². The molecule has 0 spiro atoms. The molecule has 1 nitrogen and oxygen atoms in total. The van der Waals surface area contributed by atoms with Crippen molar-refractivity contribution < 1.29 is 4.90 Å². The number of nitrogens with one attached hydrogen (secondary N) is 1. The number of rotatable bonds is 5. The Bertz CT molecular complexity index is 858. The first-order chi connectivity index (χ1) is 13.2. The van der Waals surface area contributed by atoms with Gasteiger partial charge in [0.1, 0.15) is 0 Å². The minimum absolute atomic E-state index is 0.159. The van der Waals surface area contributed by atoms with E-state index in [9.17, 15) is 0 Å². The van der Waals surface area contributed by atoms with Crippen molar-refractivity contribution in [2.75, 3.05) is 26.4 Å². The molecular formula is C24H26NS2+. The summed E-state index contributed by atoms with van der Waals surface area (Å²) < 4.78 is -0.159. The van der Waals surface area contributed by atoms with E-state index >= 15 is 0 Å². The first-order valence-electron chi connectivity index (χ1n) is 9.51. The van der Waals surface area contributed by atoms with Gasteiger partial charge in [-0.15, -0.1) is 23.5 Å². The fourth-order valence-electron chi connectivity index (χ4n) is 3.80. The smallest absolute Gasteiger partial charge is 0.0922 e. The summed E-state index contributed by atoms with van der Waals surface area (Å²) in [7, 11) is 4.47. The fourth-order valence-corrected chi connectivity index (χ4v) is 6.79. The van der Waals surface area contributed by atoms with E-state index in [2.05, 4.69) is 105 Å². The van der Waals surface area contributed by atoms with Gasteiger partial charge in [-0.2, -0.15) is 0 Å². The number of hydrogen-bond donors (Lipinski definition) is 1. The molecule has 0 radical (unpaired) electrons. The van der Waals surface area contributed by atoms with E-state index in [-0.39, 0.29) is 4.75 Å². The summed E-state index contributed by atoms with van der Waals surface area (Å²) in [6.07, 6.45) is 0. The molecule has 3 aromatic carbocycles. The highest BCUT2D eigenvalue weighted by Gasteiger charge is 2.41. The largest absolute Gasteiger partial charge is 0.339 e. The molecule has 1 aliphatic rings. The zero-order chi connectivity index (χ0) is 18.7. The maximum atomic E-state index is 2.35. The Hall–Kier alpha value is -1.68. The van der Waals surface area contributed by atoms with Gasteiger partial charge < -0.3 is 4.90 Å². The highest BCUT2D eigenvalue weighted by Crippen LogP contribution is 2.54. The van der Waals surface area contributed by atoms with E-state index in [1.807, 2.05) is 11.8 Å². The second kappa shape index (κ2) is 8.14. The summed E-state index contributed by atoms with van der Waals surface area (Å²) in [6, 6.07) is 29.1. The van der Waals surface area contributed by atoms with Crippen molar-refractivity contribution in [3.05, 3.63) is 101 Å². The third kappa shape index (κ3) is 3.56. The molecule has 0 unspecified atom stereocenters. The predicted octanol–water partition coefficient (Wildman–Crippen LogP) is 4.46. The average Bonchev–Trinajstić information content (AvgIpc) is 2.84. The second-order valence-corrected chi connectivity index (χ2v) is 9.62. The van der Waals surface area contributed by atoms with Gasteiger partial charge in [-0.3, -0.25) is 0 Å². The van der Waals surface area contributed by atoms with Gasteiger partial charge >= 0.3 is 0 Å². The van der Waals surface area contributed by atoms with Crippen LogP contribution in [0.25, 0.3) is 0 Å². The molecule has 0 saturated carbocycles. The van der Waals surface area contributed by atoms with Crippen molar-refractivity contribution in [1.29, 1.82) is 0 Å². The van der Waals surface area contributed by atoms with Gasteiger partial charge in [0.2, 0.25) is 0 Å². The lowest BCUT2D eigenvalue weighted by atomic mass is 9.82. The monoisotopic (exact) mass is 392 g/mol. The Morgan fingerprint density at radius 3 is 2.30 bits per heavy atom. The SMILES string of the molecule is C[NH+](C)CCS[C@]1(c2ccccc2)c2ccccc2CSc2ccccc21. The van der Waals surface area contributed by atoms with E-state index in [0.717, 1.165) is 18.1 Å². The fraction of sp³-hybridized carbons (Fsp3) is 0.250. The Morgan fingerprint density at radius 2 is 1.52 bits per heavy atom. The number of benzene rings is 3. The van der Waals surface area contributed by atoms with Crippen LogP contribution in [-0.4, -0.2) is 26.4 Å². The topological polar surface area (TPSA) is 4.44 Å². The van der Waals surface area contributed by atoms with E-state index < -0.39 is 0 Å². The lowest BCUT2D eigenvalue weighted by molar-refractivity contribution is -0.855. The number of thioether (sulfide) groups is 2. The number of quaternary nitrogens is 1. The van der Waals surface area contributed by atoms with Crippen LogP contribution in [0.1, 0.15) is 22.3 Å². The summed E-state index contributed by atoms with van der Waals surface area (Å²) >= 11 is 4.06. The lowest BCUT2D eigenvalue weighted by Crippen LogP contribution is -3.06. The maximum Gasteiger partial charge on any atom is 0.0922 e. The van der Waals surface area contributed by atoms with Crippen LogP contribution in [0.4, 0.5) is 0 Å². The van der Waals surface area contributed by atoms with Crippen molar-refractivity contribution in [3.8, 4) is 0 Å². The van der Waals surface area contributed by atoms with Crippen LogP contribution in [0.3, 0.4) is 0 Å². The molecule has 4 rings (SSSR count). The van der Waals surface area contributed by atoms with Gasteiger partial charge in [0, 0.05) is 16.4 Å². The molecule has 0 fully saturated rings. The first-order valence-corrected chi connectivity index (χ1v) is 11.5. The lowest BCUT2D eigenvalue weighted by Gasteiger charge is -2.36. The Labute approximate surface area is 171 Å². The van der Waals surface area contributed by atoms with Gasteiger partial charge in [0.05, 0.1) is 25.4 Å². The standard InChI is InChI=1S/C24H25NS2/c1-25(2)16-17-27-24(20-11-4-3-5-12-20)21-13-7-6-10-19(21)18-26-23-15-9-8-14-22(23)24/h3-15H,16-18H2,1-2H3/p+1/t24-/m1/s1. The van der Waals surface area contributed by atoms with Crippen molar-refractivity contribution in [3.63, 3.8) is 0 Å². The predicted molar refractivity (Wildman–Crippen MR) is 119 cm³/mol. The highest BCUT2D eigenvalue weighted by molar-refractivity contribution is 8.01. The molecule has 3 aromatic rings. The summed E-state index contributed by atoms with van der Waals surface area (Å²) in [4.78, 5) is 2.90. The number of hydrogen-bond acceptors (Lipinski definition) is 2. The molecule has 1 aliphatic heterocycles. The molecule has 1 N–H and O–H groups in total. The molecule has 1 heterocycles. The van der Waals surface area contributed by atoms with Gasteiger partial charge in [-0.25, -0.2) is 0 Å². The van der Waals surface area contributed by atoms with Crippen LogP contribution >= 0.6 is 23.5 Å². The van der Waals surface area contributed by atoms with Gasteiger partial charge in [0.25, 0.3) is 0 Å². The van der Waals surface area contributed by atoms with Gasteiger partial charge in [-0.05, 0) is 28.3 Å². The Morgan fingerprint density at radius 1 is 0.852 bits per heavy atom. The van der Waals surface area contributed by atoms with Gasteiger partial charge in [-0.1, -0.05) is 72.8 Å². The van der Waals surface area contributed by atoms with Crippen molar-refractivity contribution in [1.82, 2.24) is 0 Å². The van der Waals surface area contributed by atoms with Gasteiger partial charge in [0.15, 0.2) is 0 Å². The first kappa shape index (κ1) is 18.7. The van der Waals surface area contributed by atoms with Crippen LogP contribution in [0.2, 0.25) is 0 Å². The van der Waals surface area contributed by atoms with Crippen LogP contribution < -0.4 is 4.90 Å². The average molecular weight is 393 g/mol. The van der Waals surface area contributed by atoms with Crippen LogP contribution in [0.5, 0.6) is 0 Å². The molecule has 1 atom stereocenters. The van der Waals surface area contributed by atoms with Crippen molar-refractivity contribution >= 4 is 23.5 Å². The molecular weight excluding hydrogens is 366 g/mol. The minimum Gasteiger partial charge on any atom is -0.339 e. The molecule has 0 aromatic heterocycles. The third-order valence-corrected chi connectivity index (χ3v) is 7.79. The molecule has 0 aliphatic carbocycles. The van der Waals surface area contributed by atoms with E-state index in [4.69, 9.17) is 0 Å². The van der Waals surface area contributed by atoms with Crippen molar-refractivity contribution in [2.24, 2.45) is 0 Å². The van der Waals surface area contributed by atoms with E-state index in [1.165, 1.54) is 32.0 Å². The summed E-state index contributed by atoms with van der Waals surface area (Å²) in [6.45, 7) is 1.15. The molecule has 138 valence electrons. The summed E-state index contributed by atoms with van der Waals surface area (Å²) in [5.41, 5.74) is 5.72. The Kier molecular flexibility index (Phi) is 5.63. The second-order valence-electron chi connectivity index (χ2n) is 7.29. The van der Waals surface area contributed by atoms with E-state index in [1.54, 1.807) is 0 Å². The van der Waals surface area contributed by atoms with Crippen LogP contribution in [0.15, 0.2) is 83.8 Å². The quantitative estimate of drug-likeness (QED) is 0.683. The Balaban J connectivity index is 1.98. The zero-order valence-electron chi connectivity index (χ0n) is 15.9. The minimum atomic E-state index is -0.159. The number of fused-ring (bicyclic) bond motifs is 2. The highest BCUT2D eigenvalue weighted by atomic mass is 32.2. The van der Waals surface area contributed by atoms with E-state index in [0.29, 0.717) is 0 Å². The molecule has 0 amide bonds. The van der Waals surface area contributed by atoms with Crippen molar-refractivity contribution in [2.45, 2.75) is 15.4 Å². The summed E-state index contributed by atoms with van der Waals surface area (Å²) in [5.74, 6) is 2.14. The normalized spacial score (nSPS) is 18.6. The molecule has 3 heteroatoms. The summed E-state index contributed by atoms with van der Waals surface area (Å²) in [5, 5.41) is 0. The molecule has 27 heavy (non-hydrogen) atoms. The van der Waals surface area contributed by atoms with Crippen LogP contribution in [0, 0.1) is 0 Å². The zero-order valence-corrected chi connectivity index (χ0v) is 17.6. The molecule has 0 bridgehead atoms. The maximum absolute atomic E-state index is 2.35.